The van der Waals surface area contributed by atoms with Crippen LogP contribution < -0.4 is 4.90 Å². The van der Waals surface area contributed by atoms with Crippen LogP contribution in [0.25, 0.3) is 11.1 Å². The molecule has 7 aliphatic rings. The molecule has 0 N–H and O–H groups in total. The number of rotatable bonds is 6. The van der Waals surface area contributed by atoms with Crippen LogP contribution in [0.15, 0.2) is 247 Å². The number of anilines is 1. The van der Waals surface area contributed by atoms with Gasteiger partial charge in [0.05, 0.1) is 5.41 Å². The minimum absolute atomic E-state index is 0.142. The van der Waals surface area contributed by atoms with E-state index < -0.39 is 5.41 Å². The van der Waals surface area contributed by atoms with Gasteiger partial charge in [0.15, 0.2) is 0 Å². The Balaban J connectivity index is 1.01. The van der Waals surface area contributed by atoms with E-state index in [0.717, 1.165) is 19.3 Å². The standard InChI is InChI=1S/C62H53N/c1-4-18-44-20-10-11-21-45(44)30-31-46(19-5-1)47-32-34-50(35-33-47)63(51-36-38-55-53-26-12-14-28-57(53)61(59(55)42-51)40-16-17-41-61)52-37-39-56-54-27-13-15-29-58(54)62(60(56)43-52,48-22-6-2-7-23-48)49-24-8-3-9-25-49/h1-15,19-32,34-37,39,42-44,47,55H,16-18,33,38,40-41H2/b4-1+,19-5?,45-30+,46-31?. The molecule has 5 aromatic carbocycles. The molecule has 0 aromatic heterocycles. The Labute approximate surface area is 373 Å². The van der Waals surface area contributed by atoms with Crippen LogP contribution in [-0.2, 0) is 10.8 Å². The average Bonchev–Trinajstić information content (AvgIpc) is 4.04. The average molecular weight is 812 g/mol. The molecule has 0 heterocycles. The summed E-state index contributed by atoms with van der Waals surface area (Å²) in [4.78, 5) is 2.61. The van der Waals surface area contributed by atoms with E-state index in [9.17, 15) is 0 Å². The minimum Gasteiger partial charge on any atom is -0.311 e. The van der Waals surface area contributed by atoms with Crippen molar-refractivity contribution in [2.75, 3.05) is 4.90 Å². The first-order chi connectivity index (χ1) is 31.2. The summed E-state index contributed by atoms with van der Waals surface area (Å²) in [6.45, 7) is 0. The number of hydrogen-bond acceptors (Lipinski definition) is 1. The summed E-state index contributed by atoms with van der Waals surface area (Å²) < 4.78 is 0. The SMILES string of the molecule is C1=C/C2=C\C=C(C3C=CC(N(C4=CCC5C(=C4)C4(CCCC4)c4ccccc45)c4ccc5c(c4)C(c4ccccc4)(c4ccccc4)c4ccccc4-5)=CC3)C=C/C=C/CC2C=C1. The van der Waals surface area contributed by atoms with Crippen molar-refractivity contribution in [1.29, 1.82) is 0 Å². The fourth-order valence-corrected chi connectivity index (χ4v) is 12.5. The maximum absolute atomic E-state index is 2.64. The Kier molecular flexibility index (Phi) is 9.40. The molecule has 0 aliphatic heterocycles. The first kappa shape index (κ1) is 38.0. The third-order valence-electron chi connectivity index (χ3n) is 15.4. The van der Waals surface area contributed by atoms with E-state index in [2.05, 4.69) is 223 Å². The van der Waals surface area contributed by atoms with Crippen molar-refractivity contribution in [3.05, 3.63) is 280 Å². The zero-order valence-electron chi connectivity index (χ0n) is 35.9. The number of nitrogens with zero attached hydrogens (tertiary/aromatic N) is 1. The van der Waals surface area contributed by atoms with Crippen LogP contribution in [-0.4, -0.2) is 0 Å². The Morgan fingerprint density at radius 2 is 1.16 bits per heavy atom. The van der Waals surface area contributed by atoms with Gasteiger partial charge < -0.3 is 4.90 Å². The van der Waals surface area contributed by atoms with E-state index in [4.69, 9.17) is 0 Å². The fraction of sp³-hybridized carbons (Fsp3) is 0.194. The molecular formula is C62H53N. The lowest BCUT2D eigenvalue weighted by Crippen LogP contribution is -2.30. The number of fused-ring (bicyclic) bond motifs is 9. The molecule has 0 saturated heterocycles. The zero-order chi connectivity index (χ0) is 41.8. The molecule has 0 radical (unpaired) electrons. The molecule has 12 rings (SSSR count). The second-order valence-corrected chi connectivity index (χ2v) is 18.5. The molecule has 306 valence electrons. The second kappa shape index (κ2) is 15.6. The molecule has 7 aliphatic carbocycles. The molecule has 63 heavy (non-hydrogen) atoms. The fourth-order valence-electron chi connectivity index (χ4n) is 12.5. The van der Waals surface area contributed by atoms with Gasteiger partial charge in [-0.2, -0.15) is 0 Å². The van der Waals surface area contributed by atoms with E-state index >= 15 is 0 Å². The van der Waals surface area contributed by atoms with Gasteiger partial charge in [-0.05, 0) is 118 Å². The predicted octanol–water partition coefficient (Wildman–Crippen LogP) is 15.3. The van der Waals surface area contributed by atoms with Crippen molar-refractivity contribution in [2.24, 2.45) is 11.8 Å². The van der Waals surface area contributed by atoms with E-state index in [1.165, 1.54) is 87.3 Å². The zero-order valence-corrected chi connectivity index (χ0v) is 35.9. The summed E-state index contributed by atoms with van der Waals surface area (Å²) in [7, 11) is 0. The van der Waals surface area contributed by atoms with Crippen LogP contribution >= 0.6 is 0 Å². The maximum Gasteiger partial charge on any atom is 0.0714 e. The third kappa shape index (κ3) is 6.11. The highest BCUT2D eigenvalue weighted by atomic mass is 15.2. The molecule has 1 spiro atoms. The molecule has 1 fully saturated rings. The van der Waals surface area contributed by atoms with Crippen molar-refractivity contribution >= 4 is 5.69 Å². The molecule has 0 amide bonds. The van der Waals surface area contributed by atoms with Gasteiger partial charge in [0, 0.05) is 40.3 Å². The second-order valence-electron chi connectivity index (χ2n) is 18.5. The van der Waals surface area contributed by atoms with Crippen LogP contribution in [0.5, 0.6) is 0 Å². The Morgan fingerprint density at radius 3 is 1.90 bits per heavy atom. The highest BCUT2D eigenvalue weighted by Crippen LogP contribution is 2.61. The molecule has 1 nitrogen and oxygen atoms in total. The summed E-state index contributed by atoms with van der Waals surface area (Å²) in [5, 5.41) is 0. The lowest BCUT2D eigenvalue weighted by Gasteiger charge is -2.37. The number of hydrogen-bond donors (Lipinski definition) is 0. The first-order valence-corrected chi connectivity index (χ1v) is 23.4. The Hall–Kier alpha value is -6.70. The molecule has 3 unspecified atom stereocenters. The van der Waals surface area contributed by atoms with Crippen LogP contribution in [0.2, 0.25) is 0 Å². The van der Waals surface area contributed by atoms with Gasteiger partial charge in [0.25, 0.3) is 0 Å². The van der Waals surface area contributed by atoms with Gasteiger partial charge in [0.2, 0.25) is 0 Å². The third-order valence-corrected chi connectivity index (χ3v) is 15.4. The minimum atomic E-state index is -0.469. The van der Waals surface area contributed by atoms with E-state index in [1.54, 1.807) is 16.7 Å². The van der Waals surface area contributed by atoms with Crippen LogP contribution in [0.4, 0.5) is 5.69 Å². The molecule has 1 heteroatoms. The van der Waals surface area contributed by atoms with Crippen molar-refractivity contribution in [1.82, 2.24) is 0 Å². The topological polar surface area (TPSA) is 3.24 Å². The highest BCUT2D eigenvalue weighted by Gasteiger charge is 2.50. The normalized spacial score (nSPS) is 24.4. The molecule has 1 saturated carbocycles. The van der Waals surface area contributed by atoms with Crippen LogP contribution in [0.3, 0.4) is 0 Å². The van der Waals surface area contributed by atoms with Gasteiger partial charge in [-0.3, -0.25) is 0 Å². The van der Waals surface area contributed by atoms with Crippen LogP contribution in [0, 0.1) is 11.8 Å². The summed E-state index contributed by atoms with van der Waals surface area (Å²) in [5.74, 6) is 1.16. The monoisotopic (exact) mass is 811 g/mol. The first-order valence-electron chi connectivity index (χ1n) is 23.4. The predicted molar refractivity (Wildman–Crippen MR) is 262 cm³/mol. The summed E-state index contributed by atoms with van der Waals surface area (Å²) in [5.41, 5.74) is 18.8. The Bertz CT molecular complexity index is 2890. The quantitative estimate of drug-likeness (QED) is 0.162. The maximum atomic E-state index is 2.64. The lowest BCUT2D eigenvalue weighted by molar-refractivity contribution is 0.519. The molecule has 0 bridgehead atoms. The lowest BCUT2D eigenvalue weighted by atomic mass is 9.67. The Morgan fingerprint density at radius 1 is 0.508 bits per heavy atom. The van der Waals surface area contributed by atoms with Crippen molar-refractivity contribution in [3.63, 3.8) is 0 Å². The van der Waals surface area contributed by atoms with Gasteiger partial charge in [-0.15, -0.1) is 0 Å². The van der Waals surface area contributed by atoms with Gasteiger partial charge in [0.1, 0.15) is 0 Å². The van der Waals surface area contributed by atoms with E-state index in [0.29, 0.717) is 11.8 Å². The molecule has 3 atom stereocenters. The van der Waals surface area contributed by atoms with Gasteiger partial charge in [-0.25, -0.2) is 0 Å². The van der Waals surface area contributed by atoms with Gasteiger partial charge >= 0.3 is 0 Å². The molecular weight excluding hydrogens is 759 g/mol. The van der Waals surface area contributed by atoms with E-state index in [-0.39, 0.29) is 11.3 Å². The van der Waals surface area contributed by atoms with Gasteiger partial charge in [-0.1, -0.05) is 207 Å². The number of allylic oxidation sites excluding steroid dienone is 18. The van der Waals surface area contributed by atoms with Crippen molar-refractivity contribution < 1.29 is 0 Å². The summed E-state index contributed by atoms with van der Waals surface area (Å²) >= 11 is 0. The van der Waals surface area contributed by atoms with Crippen LogP contribution in [0.1, 0.15) is 84.2 Å². The highest BCUT2D eigenvalue weighted by molar-refractivity contribution is 5.88. The number of benzene rings is 5. The molecule has 5 aromatic rings. The van der Waals surface area contributed by atoms with E-state index in [1.807, 2.05) is 0 Å². The summed E-state index contributed by atoms with van der Waals surface area (Å²) in [6, 6.07) is 48.3. The van der Waals surface area contributed by atoms with Crippen molar-refractivity contribution in [3.8, 4) is 11.1 Å². The smallest absolute Gasteiger partial charge is 0.0714 e. The largest absolute Gasteiger partial charge is 0.311 e. The summed E-state index contributed by atoms with van der Waals surface area (Å²) in [6.07, 6.45) is 43.4. The van der Waals surface area contributed by atoms with Crippen molar-refractivity contribution in [2.45, 2.75) is 61.7 Å².